The van der Waals surface area contributed by atoms with Crippen molar-refractivity contribution in [3.05, 3.63) is 33.1 Å². The Labute approximate surface area is 150 Å². The molecular formula is C13H16Cl2N2O8. The van der Waals surface area contributed by atoms with Crippen LogP contribution in [-0.4, -0.2) is 62.3 Å². The summed E-state index contributed by atoms with van der Waals surface area (Å²) in [6, 6.07) is 1.15. The number of nitrogens with one attached hydrogen (secondary N) is 1. The number of aliphatic carboxylic acids is 1. The molecule has 1 aromatic heterocycles. The minimum atomic E-state index is -0.980. The van der Waals surface area contributed by atoms with Crippen LogP contribution in [0.3, 0.4) is 0 Å². The third kappa shape index (κ3) is 6.86. The Balaban J connectivity index is 0.000000550. The van der Waals surface area contributed by atoms with Crippen LogP contribution in [0.25, 0.3) is 0 Å². The summed E-state index contributed by atoms with van der Waals surface area (Å²) in [5, 5.41) is 17.5. The van der Waals surface area contributed by atoms with Gasteiger partial charge in [0.1, 0.15) is 24.5 Å². The van der Waals surface area contributed by atoms with E-state index in [1.54, 1.807) is 0 Å². The molecule has 0 amide bonds. The molecule has 2 heterocycles. The zero-order valence-corrected chi connectivity index (χ0v) is 14.3. The predicted octanol–water partition coefficient (Wildman–Crippen LogP) is -0.723. The van der Waals surface area contributed by atoms with Gasteiger partial charge in [0, 0.05) is 18.7 Å². The number of hydrogen-bond acceptors (Lipinski definition) is 7. The summed E-state index contributed by atoms with van der Waals surface area (Å²) in [6.07, 6.45) is -0.980. The van der Waals surface area contributed by atoms with Gasteiger partial charge < -0.3 is 19.7 Å². The SMILES string of the molecule is O=C(CCl)OC[C@@H]1C[C@H](O)[C@H](n2ccc(=O)[nH]c2=O)O1.O=C(O)CCl. The summed E-state index contributed by atoms with van der Waals surface area (Å²) in [5.74, 6) is -2.14. The van der Waals surface area contributed by atoms with Crippen molar-refractivity contribution in [1.82, 2.24) is 9.55 Å². The number of H-pyrrole nitrogens is 1. The maximum Gasteiger partial charge on any atom is 0.330 e. The fourth-order valence-corrected chi connectivity index (χ4v) is 2.02. The van der Waals surface area contributed by atoms with Crippen LogP contribution in [0.15, 0.2) is 21.9 Å². The number of halogens is 2. The number of ether oxygens (including phenoxy) is 2. The monoisotopic (exact) mass is 398 g/mol. The van der Waals surface area contributed by atoms with Crippen LogP contribution >= 0.6 is 23.2 Å². The molecule has 0 radical (unpaired) electrons. The highest BCUT2D eigenvalue weighted by molar-refractivity contribution is 6.26. The summed E-state index contributed by atoms with van der Waals surface area (Å²) in [4.78, 5) is 44.8. The van der Waals surface area contributed by atoms with Gasteiger partial charge >= 0.3 is 17.6 Å². The molecule has 25 heavy (non-hydrogen) atoms. The van der Waals surface area contributed by atoms with E-state index >= 15 is 0 Å². The summed E-state index contributed by atoms with van der Waals surface area (Å²) in [6.45, 7) is -0.0583. The van der Waals surface area contributed by atoms with E-state index in [4.69, 9.17) is 37.8 Å². The number of rotatable bonds is 5. The van der Waals surface area contributed by atoms with Gasteiger partial charge in [-0.15, -0.1) is 23.2 Å². The Hall–Kier alpha value is -1.88. The lowest BCUT2D eigenvalue weighted by Crippen LogP contribution is -2.35. The fraction of sp³-hybridized carbons (Fsp3) is 0.538. The predicted molar refractivity (Wildman–Crippen MR) is 85.9 cm³/mol. The summed E-state index contributed by atoms with van der Waals surface area (Å²) in [7, 11) is 0. The van der Waals surface area contributed by atoms with Gasteiger partial charge in [0.25, 0.3) is 5.56 Å². The number of carboxylic acid groups (broad SMARTS) is 1. The molecule has 140 valence electrons. The van der Waals surface area contributed by atoms with Gasteiger partial charge in [0.15, 0.2) is 6.23 Å². The van der Waals surface area contributed by atoms with Gasteiger partial charge in [0.05, 0.1) is 6.10 Å². The largest absolute Gasteiger partial charge is 0.480 e. The van der Waals surface area contributed by atoms with E-state index in [-0.39, 0.29) is 24.8 Å². The van der Waals surface area contributed by atoms with Crippen molar-refractivity contribution in [3.63, 3.8) is 0 Å². The zero-order valence-electron chi connectivity index (χ0n) is 12.8. The van der Waals surface area contributed by atoms with Crippen LogP contribution < -0.4 is 11.2 Å². The first kappa shape index (κ1) is 21.2. The lowest BCUT2D eigenvalue weighted by Gasteiger charge is -2.17. The van der Waals surface area contributed by atoms with Crippen LogP contribution in [0.5, 0.6) is 0 Å². The first-order valence-electron chi connectivity index (χ1n) is 6.92. The molecule has 1 aliphatic heterocycles. The molecule has 1 aliphatic rings. The maximum absolute atomic E-state index is 11.6. The van der Waals surface area contributed by atoms with Gasteiger partial charge in [-0.2, -0.15) is 0 Å². The van der Waals surface area contributed by atoms with Crippen molar-refractivity contribution < 1.29 is 29.3 Å². The summed E-state index contributed by atoms with van der Waals surface area (Å²) < 4.78 is 11.3. The highest BCUT2D eigenvalue weighted by Gasteiger charge is 2.36. The molecule has 1 saturated heterocycles. The van der Waals surface area contributed by atoms with Crippen molar-refractivity contribution in [2.45, 2.75) is 24.9 Å². The molecule has 0 bridgehead atoms. The number of aromatic nitrogens is 2. The minimum Gasteiger partial charge on any atom is -0.480 e. The van der Waals surface area contributed by atoms with Gasteiger partial charge in [-0.1, -0.05) is 0 Å². The number of hydrogen-bond donors (Lipinski definition) is 3. The number of esters is 1. The second-order valence-corrected chi connectivity index (χ2v) is 5.35. The Morgan fingerprint density at radius 2 is 2.00 bits per heavy atom. The standard InChI is InChI=1S/C11H13ClN2O6.C2H3ClO2/c12-4-9(17)19-5-6-3-7(15)10(20-6)14-2-1-8(16)13-11(14)18;3-1-2(4)5/h1-2,6-7,10,15H,3-5H2,(H,13,16,18);1H2,(H,4,5)/t6-,7-,10+;/m0./s1. The van der Waals surface area contributed by atoms with Crippen LogP contribution in [-0.2, 0) is 19.1 Å². The van der Waals surface area contributed by atoms with Crippen molar-refractivity contribution in [1.29, 1.82) is 0 Å². The van der Waals surface area contributed by atoms with E-state index in [0.29, 0.717) is 0 Å². The molecule has 3 N–H and O–H groups in total. The average molecular weight is 399 g/mol. The Morgan fingerprint density at radius 1 is 1.36 bits per heavy atom. The second-order valence-electron chi connectivity index (χ2n) is 4.81. The molecule has 0 aliphatic carbocycles. The van der Waals surface area contributed by atoms with Crippen molar-refractivity contribution in [2.75, 3.05) is 18.4 Å². The maximum atomic E-state index is 11.6. The highest BCUT2D eigenvalue weighted by atomic mass is 35.5. The molecule has 1 fully saturated rings. The number of alkyl halides is 2. The van der Waals surface area contributed by atoms with Gasteiger partial charge in [-0.05, 0) is 0 Å². The van der Waals surface area contributed by atoms with Gasteiger partial charge in [0.2, 0.25) is 0 Å². The van der Waals surface area contributed by atoms with Crippen LogP contribution in [0.1, 0.15) is 12.6 Å². The van der Waals surface area contributed by atoms with E-state index in [2.05, 4.69) is 4.98 Å². The molecule has 0 saturated carbocycles. The van der Waals surface area contributed by atoms with Gasteiger partial charge in [-0.25, -0.2) is 4.79 Å². The molecule has 0 spiro atoms. The molecule has 3 atom stereocenters. The van der Waals surface area contributed by atoms with Crippen LogP contribution in [0.2, 0.25) is 0 Å². The van der Waals surface area contributed by atoms with E-state index in [9.17, 15) is 24.3 Å². The summed E-state index contributed by atoms with van der Waals surface area (Å²) >= 11 is 10.0. The Morgan fingerprint density at radius 3 is 2.52 bits per heavy atom. The van der Waals surface area contributed by atoms with Gasteiger partial charge in [-0.3, -0.25) is 23.9 Å². The molecule has 0 aromatic carbocycles. The van der Waals surface area contributed by atoms with Crippen molar-refractivity contribution in [2.24, 2.45) is 0 Å². The number of carbonyl (C=O) groups is 2. The number of carbonyl (C=O) groups excluding carboxylic acids is 1. The Kier molecular flexibility index (Phi) is 8.62. The zero-order chi connectivity index (χ0) is 19.0. The molecule has 12 heteroatoms. The molecule has 1 aromatic rings. The summed E-state index contributed by atoms with van der Waals surface area (Å²) in [5.41, 5.74) is -1.22. The van der Waals surface area contributed by atoms with Crippen LogP contribution in [0, 0.1) is 0 Å². The number of nitrogens with zero attached hydrogens (tertiary/aromatic N) is 1. The lowest BCUT2D eigenvalue weighted by atomic mass is 10.2. The van der Waals surface area contributed by atoms with E-state index in [0.717, 1.165) is 10.6 Å². The molecule has 10 nitrogen and oxygen atoms in total. The first-order chi connectivity index (χ1) is 11.8. The third-order valence-corrected chi connectivity index (χ3v) is 3.39. The normalized spacial score (nSPS) is 22.0. The topological polar surface area (TPSA) is 148 Å². The molecule has 0 unspecified atom stereocenters. The second kappa shape index (κ2) is 10.2. The van der Waals surface area contributed by atoms with Crippen LogP contribution in [0.4, 0.5) is 0 Å². The number of aliphatic hydroxyl groups is 1. The highest BCUT2D eigenvalue weighted by Crippen LogP contribution is 2.27. The fourth-order valence-electron chi connectivity index (χ4n) is 1.94. The average Bonchev–Trinajstić information content (AvgIpc) is 2.93. The third-order valence-electron chi connectivity index (χ3n) is 2.94. The van der Waals surface area contributed by atoms with E-state index < -0.39 is 41.6 Å². The number of aliphatic hydroxyl groups excluding tert-OH is 1. The number of aromatic amines is 1. The minimum absolute atomic E-state index is 0.0583. The van der Waals surface area contributed by atoms with Crippen molar-refractivity contribution >= 4 is 35.1 Å². The molecule has 2 rings (SSSR count). The smallest absolute Gasteiger partial charge is 0.330 e. The molecular weight excluding hydrogens is 383 g/mol. The Bertz CT molecular complexity index is 704. The van der Waals surface area contributed by atoms with E-state index in [1.165, 1.54) is 6.20 Å². The first-order valence-corrected chi connectivity index (χ1v) is 7.99. The lowest BCUT2D eigenvalue weighted by molar-refractivity contribution is -0.145. The quantitative estimate of drug-likeness (QED) is 0.434. The number of carboxylic acids is 1. The van der Waals surface area contributed by atoms with Crippen molar-refractivity contribution in [3.8, 4) is 0 Å². The van der Waals surface area contributed by atoms with E-state index in [1.807, 2.05) is 0 Å².